The summed E-state index contributed by atoms with van der Waals surface area (Å²) in [6.45, 7) is 9.55. The Hall–Kier alpha value is -4.58. The van der Waals surface area contributed by atoms with Crippen molar-refractivity contribution in [2.24, 2.45) is 0 Å². The molecule has 0 saturated heterocycles. The molecule has 2 aliphatic rings. The van der Waals surface area contributed by atoms with Gasteiger partial charge >= 0.3 is 5.97 Å². The molecule has 0 aliphatic carbocycles. The van der Waals surface area contributed by atoms with E-state index < -0.39 is 5.60 Å². The number of carbonyl (C=O) groups excluding carboxylic acids is 2. The van der Waals surface area contributed by atoms with E-state index in [1.807, 2.05) is 67.6 Å². The molecule has 39 heavy (non-hydrogen) atoms. The van der Waals surface area contributed by atoms with Gasteiger partial charge < -0.3 is 19.7 Å². The van der Waals surface area contributed by atoms with Crippen molar-refractivity contribution in [3.63, 3.8) is 0 Å². The molecule has 0 saturated carbocycles. The number of fused-ring (bicyclic) bond motifs is 6. The van der Waals surface area contributed by atoms with Crippen LogP contribution < -0.4 is 15.0 Å². The maximum Gasteiger partial charge on any atom is 0.340 e. The topological polar surface area (TPSA) is 67.9 Å². The Kier molecular flexibility index (Phi) is 5.91. The average molecular weight is 519 g/mol. The number of ketones is 1. The number of hydrogen-bond donors (Lipinski definition) is 1. The fourth-order valence-corrected chi connectivity index (χ4v) is 5.74. The van der Waals surface area contributed by atoms with Gasteiger partial charge in [0.25, 0.3) is 0 Å². The highest BCUT2D eigenvalue weighted by molar-refractivity contribution is 5.97. The molecule has 6 rings (SSSR count). The first kappa shape index (κ1) is 24.7. The van der Waals surface area contributed by atoms with E-state index in [0.717, 1.165) is 52.4 Å². The molecule has 1 N–H and O–H groups in total. The van der Waals surface area contributed by atoms with Crippen LogP contribution in [0, 0.1) is 6.92 Å². The lowest BCUT2D eigenvalue weighted by molar-refractivity contribution is 0.0224. The second-order valence-corrected chi connectivity index (χ2v) is 10.00. The van der Waals surface area contributed by atoms with E-state index in [4.69, 9.17) is 9.47 Å². The standard InChI is InChI=1S/C33H30N2O4/c1-5-35(6-2)25-15-16-28-30(19-25)38-31-20(3)17-24(34-23-13-11-22(12-14-23)21(4)36)18-29(31)33(28)27-10-8-7-9-26(27)32(37)39-33/h7-19,34H,5-6H2,1-4H3. The predicted molar refractivity (Wildman–Crippen MR) is 153 cm³/mol. The van der Waals surface area contributed by atoms with Crippen molar-refractivity contribution in [3.8, 4) is 11.5 Å². The third kappa shape index (κ3) is 3.86. The van der Waals surface area contributed by atoms with Crippen molar-refractivity contribution < 1.29 is 19.1 Å². The number of Topliss-reactive ketones (excluding diaryl/α,β-unsaturated/α-hetero) is 1. The molecule has 2 heterocycles. The van der Waals surface area contributed by atoms with Gasteiger partial charge in [-0.25, -0.2) is 4.79 Å². The van der Waals surface area contributed by atoms with E-state index in [0.29, 0.717) is 22.6 Å². The van der Waals surface area contributed by atoms with Gasteiger partial charge in [0.05, 0.1) is 5.56 Å². The highest BCUT2D eigenvalue weighted by Gasteiger charge is 2.54. The SMILES string of the molecule is CCN(CC)c1ccc2c(c1)Oc1c(C)cc(Nc3ccc(C(C)=O)cc3)cc1C21OC(=O)c2ccccc21. The molecule has 1 atom stereocenters. The lowest BCUT2D eigenvalue weighted by Crippen LogP contribution is -2.33. The molecule has 1 unspecified atom stereocenters. The van der Waals surface area contributed by atoms with E-state index >= 15 is 0 Å². The van der Waals surface area contributed by atoms with Crippen molar-refractivity contribution >= 4 is 28.8 Å². The minimum absolute atomic E-state index is 0.0230. The second-order valence-electron chi connectivity index (χ2n) is 10.00. The van der Waals surface area contributed by atoms with Crippen LogP contribution in [0.3, 0.4) is 0 Å². The van der Waals surface area contributed by atoms with Crippen LogP contribution in [0.5, 0.6) is 11.5 Å². The minimum atomic E-state index is -1.14. The van der Waals surface area contributed by atoms with Crippen LogP contribution in [0.25, 0.3) is 0 Å². The maximum atomic E-state index is 13.3. The van der Waals surface area contributed by atoms with E-state index in [1.54, 1.807) is 19.1 Å². The molecule has 0 radical (unpaired) electrons. The van der Waals surface area contributed by atoms with Crippen LogP contribution in [0.2, 0.25) is 0 Å². The number of anilines is 3. The van der Waals surface area contributed by atoms with E-state index in [9.17, 15) is 9.59 Å². The van der Waals surface area contributed by atoms with E-state index in [-0.39, 0.29) is 11.8 Å². The van der Waals surface area contributed by atoms with Gasteiger partial charge in [-0.1, -0.05) is 18.2 Å². The summed E-state index contributed by atoms with van der Waals surface area (Å²) in [4.78, 5) is 27.2. The van der Waals surface area contributed by atoms with Gasteiger partial charge in [0.1, 0.15) is 11.5 Å². The Balaban J connectivity index is 1.53. The van der Waals surface area contributed by atoms with Crippen LogP contribution in [0.15, 0.2) is 78.9 Å². The van der Waals surface area contributed by atoms with Gasteiger partial charge in [-0.3, -0.25) is 4.79 Å². The van der Waals surface area contributed by atoms with Gasteiger partial charge in [0.2, 0.25) is 0 Å². The van der Waals surface area contributed by atoms with Crippen molar-refractivity contribution in [1.82, 2.24) is 0 Å². The smallest absolute Gasteiger partial charge is 0.340 e. The Bertz CT molecular complexity index is 1620. The number of esters is 1. The molecule has 0 bridgehead atoms. The molecule has 0 aromatic heterocycles. The summed E-state index contributed by atoms with van der Waals surface area (Å²) >= 11 is 0. The first-order chi connectivity index (χ1) is 18.8. The van der Waals surface area contributed by atoms with Crippen LogP contribution in [0.1, 0.15) is 63.7 Å². The molecule has 196 valence electrons. The highest BCUT2D eigenvalue weighted by atomic mass is 16.6. The summed E-state index contributed by atoms with van der Waals surface area (Å²) < 4.78 is 13.0. The summed E-state index contributed by atoms with van der Waals surface area (Å²) in [5, 5.41) is 3.45. The molecule has 6 heteroatoms. The maximum absolute atomic E-state index is 13.3. The zero-order valence-corrected chi connectivity index (χ0v) is 22.5. The quantitative estimate of drug-likeness (QED) is 0.213. The van der Waals surface area contributed by atoms with Crippen molar-refractivity contribution in [1.29, 1.82) is 0 Å². The van der Waals surface area contributed by atoms with Gasteiger partial charge in [0, 0.05) is 58.5 Å². The fraction of sp³-hybridized carbons (Fsp3) is 0.212. The van der Waals surface area contributed by atoms with Gasteiger partial charge in [-0.15, -0.1) is 0 Å². The number of aryl methyl sites for hydroxylation is 1. The Morgan fingerprint density at radius 1 is 0.872 bits per heavy atom. The summed E-state index contributed by atoms with van der Waals surface area (Å²) in [6, 6.07) is 25.1. The third-order valence-corrected chi connectivity index (χ3v) is 7.69. The number of ether oxygens (including phenoxy) is 2. The number of carbonyl (C=O) groups is 2. The lowest BCUT2D eigenvalue weighted by atomic mass is 9.77. The molecule has 2 aliphatic heterocycles. The van der Waals surface area contributed by atoms with Crippen molar-refractivity contribution in [3.05, 3.63) is 112 Å². The number of hydrogen-bond acceptors (Lipinski definition) is 6. The summed E-state index contributed by atoms with van der Waals surface area (Å²) in [5.74, 6) is 1.03. The first-order valence-corrected chi connectivity index (χ1v) is 13.3. The number of nitrogens with one attached hydrogen (secondary N) is 1. The van der Waals surface area contributed by atoms with Crippen LogP contribution in [0.4, 0.5) is 17.1 Å². The van der Waals surface area contributed by atoms with Crippen LogP contribution in [-0.4, -0.2) is 24.8 Å². The highest BCUT2D eigenvalue weighted by Crippen LogP contribution is 2.57. The largest absolute Gasteiger partial charge is 0.456 e. The van der Waals surface area contributed by atoms with Crippen molar-refractivity contribution in [2.45, 2.75) is 33.3 Å². The van der Waals surface area contributed by atoms with Gasteiger partial charge in [0.15, 0.2) is 11.4 Å². The fourth-order valence-electron chi connectivity index (χ4n) is 5.74. The molecule has 1 spiro atoms. The Morgan fingerprint density at radius 2 is 1.62 bits per heavy atom. The van der Waals surface area contributed by atoms with Crippen molar-refractivity contribution in [2.75, 3.05) is 23.3 Å². The number of rotatable bonds is 6. The molecule has 6 nitrogen and oxygen atoms in total. The minimum Gasteiger partial charge on any atom is -0.456 e. The molecular formula is C33H30N2O4. The Labute approximate surface area is 228 Å². The van der Waals surface area contributed by atoms with E-state index in [1.165, 1.54) is 0 Å². The first-order valence-electron chi connectivity index (χ1n) is 13.3. The Morgan fingerprint density at radius 3 is 2.33 bits per heavy atom. The third-order valence-electron chi connectivity index (χ3n) is 7.69. The summed E-state index contributed by atoms with van der Waals surface area (Å²) in [6.07, 6.45) is 0. The molecule has 0 fully saturated rings. The predicted octanol–water partition coefficient (Wildman–Crippen LogP) is 7.36. The molecule has 0 amide bonds. The monoisotopic (exact) mass is 518 g/mol. The van der Waals surface area contributed by atoms with Gasteiger partial charge in [-0.05, 0) is 87.9 Å². The normalized spacial score (nSPS) is 16.6. The molecule has 4 aromatic rings. The lowest BCUT2D eigenvalue weighted by Gasteiger charge is -2.38. The summed E-state index contributed by atoms with van der Waals surface area (Å²) in [7, 11) is 0. The van der Waals surface area contributed by atoms with Crippen LogP contribution in [-0.2, 0) is 10.3 Å². The second kappa shape index (κ2) is 9.31. The van der Waals surface area contributed by atoms with Crippen LogP contribution >= 0.6 is 0 Å². The van der Waals surface area contributed by atoms with E-state index in [2.05, 4.69) is 30.1 Å². The van der Waals surface area contributed by atoms with Gasteiger partial charge in [-0.2, -0.15) is 0 Å². The zero-order chi connectivity index (χ0) is 27.3. The average Bonchev–Trinajstić information content (AvgIpc) is 3.23. The molecular weight excluding hydrogens is 488 g/mol. The number of benzene rings is 4. The number of nitrogens with zero attached hydrogens (tertiary/aromatic N) is 1. The molecule has 4 aromatic carbocycles. The summed E-state index contributed by atoms with van der Waals surface area (Å²) in [5.41, 5.74) is 6.08. The zero-order valence-electron chi connectivity index (χ0n) is 22.5.